The van der Waals surface area contributed by atoms with E-state index in [1.165, 1.54) is 50.2 Å². The number of non-ortho nitro benzene ring substituents is 1. The van der Waals surface area contributed by atoms with Crippen molar-refractivity contribution in [1.82, 2.24) is 0 Å². The van der Waals surface area contributed by atoms with Crippen molar-refractivity contribution in [3.05, 3.63) is 34.4 Å². The SMILES string of the molecule is COP(=O)(OC)N(C)c1ccc([N+](=O)[O-])cc1. The Hall–Kier alpha value is -1.43. The first-order chi connectivity index (χ1) is 7.94. The molecule has 1 aromatic rings. The van der Waals surface area contributed by atoms with E-state index in [2.05, 4.69) is 0 Å². The number of anilines is 1. The Morgan fingerprint density at radius 3 is 2.06 bits per heavy atom. The monoisotopic (exact) mass is 260 g/mol. The van der Waals surface area contributed by atoms with Crippen LogP contribution in [0.15, 0.2) is 24.3 Å². The maximum atomic E-state index is 12.0. The van der Waals surface area contributed by atoms with Crippen LogP contribution < -0.4 is 4.67 Å². The molecular weight excluding hydrogens is 247 g/mol. The lowest BCUT2D eigenvalue weighted by atomic mass is 10.3. The van der Waals surface area contributed by atoms with Gasteiger partial charge in [-0.2, -0.15) is 0 Å². The predicted molar refractivity (Wildman–Crippen MR) is 63.1 cm³/mol. The summed E-state index contributed by atoms with van der Waals surface area (Å²) < 4.78 is 22.9. The van der Waals surface area contributed by atoms with E-state index in [0.717, 1.165) is 0 Å². The van der Waals surface area contributed by atoms with Gasteiger partial charge in [0.05, 0.1) is 4.92 Å². The first kappa shape index (κ1) is 13.6. The average Bonchev–Trinajstić information content (AvgIpc) is 2.37. The molecule has 0 fully saturated rings. The summed E-state index contributed by atoms with van der Waals surface area (Å²) in [6.07, 6.45) is 0. The van der Waals surface area contributed by atoms with Crippen LogP contribution in [-0.4, -0.2) is 26.2 Å². The summed E-state index contributed by atoms with van der Waals surface area (Å²) in [6.45, 7) is 0. The third-order valence-electron chi connectivity index (χ3n) is 2.26. The molecule has 0 unspecified atom stereocenters. The van der Waals surface area contributed by atoms with Crippen LogP contribution in [-0.2, 0) is 13.6 Å². The molecule has 0 spiro atoms. The van der Waals surface area contributed by atoms with Gasteiger partial charge in [0.15, 0.2) is 0 Å². The first-order valence-electron chi connectivity index (χ1n) is 4.65. The van der Waals surface area contributed by atoms with Crippen molar-refractivity contribution in [2.45, 2.75) is 0 Å². The van der Waals surface area contributed by atoms with Crippen molar-refractivity contribution in [2.24, 2.45) is 0 Å². The number of hydrogen-bond acceptors (Lipinski definition) is 5. The highest BCUT2D eigenvalue weighted by Gasteiger charge is 2.28. The fourth-order valence-corrected chi connectivity index (χ4v) is 2.31. The van der Waals surface area contributed by atoms with Crippen molar-refractivity contribution in [1.29, 1.82) is 0 Å². The van der Waals surface area contributed by atoms with E-state index in [1.807, 2.05) is 0 Å². The molecule has 8 heteroatoms. The van der Waals surface area contributed by atoms with Crippen LogP contribution in [0.1, 0.15) is 0 Å². The zero-order valence-corrected chi connectivity index (χ0v) is 10.6. The molecule has 7 nitrogen and oxygen atoms in total. The molecule has 94 valence electrons. The van der Waals surface area contributed by atoms with Crippen molar-refractivity contribution < 1.29 is 18.5 Å². The molecule has 0 amide bonds. The molecule has 0 heterocycles. The van der Waals surface area contributed by atoms with E-state index in [-0.39, 0.29) is 5.69 Å². The quantitative estimate of drug-likeness (QED) is 0.459. The largest absolute Gasteiger partial charge is 0.434 e. The molecule has 0 aliphatic rings. The minimum atomic E-state index is -3.37. The Morgan fingerprint density at radius 2 is 1.71 bits per heavy atom. The standard InChI is InChI=1S/C9H13N2O5P/c1-10(17(14,15-2)16-3)8-4-6-9(7-5-8)11(12)13/h4-7H,1-3H3. The fourth-order valence-electron chi connectivity index (χ4n) is 1.25. The molecule has 0 aliphatic heterocycles. The lowest BCUT2D eigenvalue weighted by molar-refractivity contribution is -0.384. The van der Waals surface area contributed by atoms with Gasteiger partial charge >= 0.3 is 7.75 Å². The molecule has 0 saturated carbocycles. The van der Waals surface area contributed by atoms with Crippen LogP contribution in [0.2, 0.25) is 0 Å². The second-order valence-corrected chi connectivity index (χ2v) is 5.40. The van der Waals surface area contributed by atoms with Crippen LogP contribution in [0.3, 0.4) is 0 Å². The summed E-state index contributed by atoms with van der Waals surface area (Å²) in [5, 5.41) is 10.5. The number of nitrogens with zero attached hydrogens (tertiary/aromatic N) is 2. The van der Waals surface area contributed by atoms with Crippen LogP contribution in [0.4, 0.5) is 11.4 Å². The van der Waals surface area contributed by atoms with E-state index in [0.29, 0.717) is 5.69 Å². The van der Waals surface area contributed by atoms with Gasteiger partial charge in [-0.3, -0.25) is 23.8 Å². The van der Waals surface area contributed by atoms with E-state index in [4.69, 9.17) is 9.05 Å². The van der Waals surface area contributed by atoms with E-state index >= 15 is 0 Å². The maximum Gasteiger partial charge on any atom is 0.434 e. The maximum absolute atomic E-state index is 12.0. The van der Waals surface area contributed by atoms with Crippen LogP contribution in [0.5, 0.6) is 0 Å². The van der Waals surface area contributed by atoms with E-state index in [9.17, 15) is 14.7 Å². The van der Waals surface area contributed by atoms with Gasteiger partial charge in [-0.1, -0.05) is 0 Å². The minimum Gasteiger partial charge on any atom is -0.296 e. The molecule has 0 atom stereocenters. The second-order valence-electron chi connectivity index (χ2n) is 3.13. The highest BCUT2D eigenvalue weighted by Crippen LogP contribution is 2.51. The van der Waals surface area contributed by atoms with Crippen LogP contribution in [0, 0.1) is 10.1 Å². The lowest BCUT2D eigenvalue weighted by Gasteiger charge is -2.25. The van der Waals surface area contributed by atoms with Crippen molar-refractivity contribution in [2.75, 3.05) is 25.9 Å². The molecular formula is C9H13N2O5P. The number of hydrogen-bond donors (Lipinski definition) is 0. The van der Waals surface area contributed by atoms with Gasteiger partial charge in [0.1, 0.15) is 0 Å². The second kappa shape index (κ2) is 5.27. The van der Waals surface area contributed by atoms with Crippen LogP contribution >= 0.6 is 7.75 Å². The van der Waals surface area contributed by atoms with Crippen molar-refractivity contribution in [3.8, 4) is 0 Å². The summed E-state index contributed by atoms with van der Waals surface area (Å²) in [5.41, 5.74) is 0.467. The van der Waals surface area contributed by atoms with Gasteiger partial charge in [-0.25, -0.2) is 4.57 Å². The smallest absolute Gasteiger partial charge is 0.296 e. The summed E-state index contributed by atoms with van der Waals surface area (Å²) in [4.78, 5) is 9.98. The average molecular weight is 260 g/mol. The zero-order chi connectivity index (χ0) is 13.1. The molecule has 0 saturated heterocycles. The Kier molecular flexibility index (Phi) is 4.22. The van der Waals surface area contributed by atoms with E-state index < -0.39 is 12.7 Å². The van der Waals surface area contributed by atoms with Crippen LogP contribution in [0.25, 0.3) is 0 Å². The summed E-state index contributed by atoms with van der Waals surface area (Å²) in [5.74, 6) is 0. The molecule has 0 radical (unpaired) electrons. The molecule has 0 bridgehead atoms. The summed E-state index contributed by atoms with van der Waals surface area (Å²) in [6, 6.07) is 5.59. The third-order valence-corrected chi connectivity index (χ3v) is 4.15. The highest BCUT2D eigenvalue weighted by atomic mass is 31.2. The normalized spacial score (nSPS) is 11.2. The Balaban J connectivity index is 3.01. The van der Waals surface area contributed by atoms with Gasteiger partial charge in [0.2, 0.25) is 0 Å². The Morgan fingerprint density at radius 1 is 1.24 bits per heavy atom. The van der Waals surface area contributed by atoms with Gasteiger partial charge in [-0.05, 0) is 12.1 Å². The zero-order valence-electron chi connectivity index (χ0n) is 9.69. The first-order valence-corrected chi connectivity index (χ1v) is 6.14. The number of rotatable bonds is 5. The Labute approximate surface area is 98.7 Å². The predicted octanol–water partition coefficient (Wildman–Crippen LogP) is 2.43. The van der Waals surface area contributed by atoms with E-state index in [1.54, 1.807) is 0 Å². The fraction of sp³-hybridized carbons (Fsp3) is 0.333. The topological polar surface area (TPSA) is 81.9 Å². The molecule has 0 N–H and O–H groups in total. The number of benzene rings is 1. The van der Waals surface area contributed by atoms with Crippen molar-refractivity contribution in [3.63, 3.8) is 0 Å². The molecule has 0 aromatic heterocycles. The van der Waals surface area contributed by atoms with Crippen molar-refractivity contribution >= 4 is 19.1 Å². The highest BCUT2D eigenvalue weighted by molar-refractivity contribution is 7.55. The molecule has 1 aromatic carbocycles. The van der Waals surface area contributed by atoms with Gasteiger partial charge in [-0.15, -0.1) is 0 Å². The summed E-state index contributed by atoms with van der Waals surface area (Å²) >= 11 is 0. The van der Waals surface area contributed by atoms with Gasteiger partial charge < -0.3 is 0 Å². The summed E-state index contributed by atoms with van der Waals surface area (Å²) in [7, 11) is 0.693. The van der Waals surface area contributed by atoms with Gasteiger partial charge in [0.25, 0.3) is 5.69 Å². The number of nitro benzene ring substituents is 1. The van der Waals surface area contributed by atoms with Gasteiger partial charge in [0, 0.05) is 39.1 Å². The minimum absolute atomic E-state index is 0.0354. The molecule has 1 rings (SSSR count). The molecule has 17 heavy (non-hydrogen) atoms. The lowest BCUT2D eigenvalue weighted by Crippen LogP contribution is -2.15. The third kappa shape index (κ3) is 2.82. The Bertz CT molecular complexity index is 439. The molecule has 0 aliphatic carbocycles. The number of nitro groups is 1.